The van der Waals surface area contributed by atoms with Crippen LogP contribution in [0.2, 0.25) is 5.02 Å². The van der Waals surface area contributed by atoms with Crippen LogP contribution in [0.3, 0.4) is 0 Å². The van der Waals surface area contributed by atoms with Gasteiger partial charge < -0.3 is 14.8 Å². The third-order valence-corrected chi connectivity index (χ3v) is 3.92. The minimum atomic E-state index is 0.371. The van der Waals surface area contributed by atoms with E-state index in [0.717, 1.165) is 12.1 Å². The first-order chi connectivity index (χ1) is 10.2. The minimum Gasteiger partial charge on any atom is -0.493 e. The van der Waals surface area contributed by atoms with Gasteiger partial charge in [0.1, 0.15) is 12.6 Å². The zero-order valence-electron chi connectivity index (χ0n) is 12.6. The average molecular weight is 307 g/mol. The van der Waals surface area contributed by atoms with Crippen molar-refractivity contribution in [2.24, 2.45) is 0 Å². The summed E-state index contributed by atoms with van der Waals surface area (Å²) >= 11 is 6.31. The van der Waals surface area contributed by atoms with E-state index in [1.807, 2.05) is 12.1 Å². The van der Waals surface area contributed by atoms with Gasteiger partial charge in [-0.3, -0.25) is 0 Å². The highest BCUT2D eigenvalue weighted by Gasteiger charge is 2.13. The molecule has 0 saturated carbocycles. The standard InChI is InChI=1S/C17H20ClNO2/c1-12(13-7-5-4-6-8-13)19-11-14-9-16(20-2)17(21-3)10-15(14)18/h4-10,12,19H,11H2,1-3H3/p+1/t12-/m0/s1. The molecule has 0 bridgehead atoms. The van der Waals surface area contributed by atoms with E-state index in [2.05, 4.69) is 36.5 Å². The predicted octanol–water partition coefficient (Wildman–Crippen LogP) is 3.18. The Morgan fingerprint density at radius 3 is 2.29 bits per heavy atom. The Morgan fingerprint density at radius 2 is 1.67 bits per heavy atom. The zero-order valence-corrected chi connectivity index (χ0v) is 13.4. The fourth-order valence-electron chi connectivity index (χ4n) is 2.25. The summed E-state index contributed by atoms with van der Waals surface area (Å²) in [5, 5.41) is 2.95. The van der Waals surface area contributed by atoms with Gasteiger partial charge in [0.25, 0.3) is 0 Å². The molecule has 0 aliphatic heterocycles. The lowest BCUT2D eigenvalue weighted by Gasteiger charge is -2.14. The number of ether oxygens (including phenoxy) is 2. The van der Waals surface area contributed by atoms with E-state index < -0.39 is 0 Å². The highest BCUT2D eigenvalue weighted by atomic mass is 35.5. The van der Waals surface area contributed by atoms with Gasteiger partial charge in [0.05, 0.1) is 19.2 Å². The van der Waals surface area contributed by atoms with Crippen LogP contribution in [0.4, 0.5) is 0 Å². The average Bonchev–Trinajstić information content (AvgIpc) is 2.53. The van der Waals surface area contributed by atoms with Crippen molar-refractivity contribution in [3.05, 3.63) is 58.6 Å². The summed E-state index contributed by atoms with van der Waals surface area (Å²) in [4.78, 5) is 0. The number of nitrogens with two attached hydrogens (primary N) is 1. The quantitative estimate of drug-likeness (QED) is 0.889. The van der Waals surface area contributed by atoms with Crippen LogP contribution in [-0.4, -0.2) is 14.2 Å². The summed E-state index contributed by atoms with van der Waals surface area (Å²) in [6.07, 6.45) is 0. The summed E-state index contributed by atoms with van der Waals surface area (Å²) < 4.78 is 10.6. The van der Waals surface area contributed by atoms with Crippen LogP contribution >= 0.6 is 11.6 Å². The van der Waals surface area contributed by atoms with Crippen LogP contribution < -0.4 is 14.8 Å². The topological polar surface area (TPSA) is 35.1 Å². The number of hydrogen-bond donors (Lipinski definition) is 1. The largest absolute Gasteiger partial charge is 0.493 e. The Labute approximate surface area is 130 Å². The van der Waals surface area contributed by atoms with E-state index in [4.69, 9.17) is 21.1 Å². The van der Waals surface area contributed by atoms with Crippen molar-refractivity contribution in [1.82, 2.24) is 0 Å². The second-order valence-corrected chi connectivity index (χ2v) is 5.34. The number of methoxy groups -OCH3 is 2. The van der Waals surface area contributed by atoms with Gasteiger partial charge in [-0.15, -0.1) is 0 Å². The smallest absolute Gasteiger partial charge is 0.162 e. The lowest BCUT2D eigenvalue weighted by molar-refractivity contribution is -0.707. The van der Waals surface area contributed by atoms with Gasteiger partial charge in [0.15, 0.2) is 11.5 Å². The van der Waals surface area contributed by atoms with Gasteiger partial charge in [0.2, 0.25) is 0 Å². The van der Waals surface area contributed by atoms with E-state index in [9.17, 15) is 0 Å². The molecule has 21 heavy (non-hydrogen) atoms. The highest BCUT2D eigenvalue weighted by molar-refractivity contribution is 6.31. The SMILES string of the molecule is COc1cc(Cl)c(C[NH2+][C@@H](C)c2ccccc2)cc1OC. The Balaban J connectivity index is 2.09. The number of benzene rings is 2. The first-order valence-corrected chi connectivity index (χ1v) is 7.32. The van der Waals surface area contributed by atoms with Crippen molar-refractivity contribution < 1.29 is 14.8 Å². The third kappa shape index (κ3) is 3.90. The first-order valence-electron chi connectivity index (χ1n) is 6.94. The molecule has 2 aromatic carbocycles. The van der Waals surface area contributed by atoms with E-state index in [0.29, 0.717) is 22.6 Å². The van der Waals surface area contributed by atoms with Gasteiger partial charge in [-0.1, -0.05) is 41.9 Å². The van der Waals surface area contributed by atoms with Crippen LogP contribution in [0.15, 0.2) is 42.5 Å². The molecule has 4 heteroatoms. The summed E-state index contributed by atoms with van der Waals surface area (Å²) in [6, 6.07) is 14.5. The van der Waals surface area contributed by atoms with E-state index in [1.165, 1.54) is 5.56 Å². The fraction of sp³-hybridized carbons (Fsp3) is 0.294. The first kappa shape index (κ1) is 15.7. The van der Waals surface area contributed by atoms with Gasteiger partial charge in [0, 0.05) is 17.2 Å². The Morgan fingerprint density at radius 1 is 1.05 bits per heavy atom. The summed E-state index contributed by atoms with van der Waals surface area (Å²) in [7, 11) is 3.24. The molecule has 0 aliphatic rings. The summed E-state index contributed by atoms with van der Waals surface area (Å²) in [5.41, 5.74) is 2.34. The molecule has 3 nitrogen and oxygen atoms in total. The maximum absolute atomic E-state index is 6.31. The van der Waals surface area contributed by atoms with Crippen molar-refractivity contribution in [2.45, 2.75) is 19.5 Å². The number of halogens is 1. The zero-order chi connectivity index (χ0) is 15.2. The predicted molar refractivity (Wildman–Crippen MR) is 85.0 cm³/mol. The van der Waals surface area contributed by atoms with Gasteiger partial charge >= 0.3 is 0 Å². The van der Waals surface area contributed by atoms with Crippen molar-refractivity contribution in [2.75, 3.05) is 14.2 Å². The maximum Gasteiger partial charge on any atom is 0.162 e. The molecule has 0 radical (unpaired) electrons. The minimum absolute atomic E-state index is 0.371. The molecule has 2 aromatic rings. The Kier molecular flexibility index (Phi) is 5.48. The number of quaternary nitrogens is 1. The van der Waals surface area contributed by atoms with E-state index in [1.54, 1.807) is 20.3 Å². The summed E-state index contributed by atoms with van der Waals surface area (Å²) in [5.74, 6) is 1.36. The van der Waals surface area contributed by atoms with Gasteiger partial charge in [-0.25, -0.2) is 0 Å². The van der Waals surface area contributed by atoms with Crippen LogP contribution in [0, 0.1) is 0 Å². The lowest BCUT2D eigenvalue weighted by atomic mass is 10.1. The molecular formula is C17H21ClNO2+. The maximum atomic E-state index is 6.31. The molecule has 0 heterocycles. The molecule has 0 fully saturated rings. The third-order valence-electron chi connectivity index (χ3n) is 3.57. The molecule has 2 rings (SSSR count). The molecule has 0 spiro atoms. The van der Waals surface area contributed by atoms with Gasteiger partial charge in [-0.2, -0.15) is 0 Å². The molecule has 2 N–H and O–H groups in total. The number of rotatable bonds is 6. The van der Waals surface area contributed by atoms with Crippen molar-refractivity contribution in [1.29, 1.82) is 0 Å². The van der Waals surface area contributed by atoms with Gasteiger partial charge in [-0.05, 0) is 13.0 Å². The molecule has 112 valence electrons. The normalized spacial score (nSPS) is 12.0. The Hall–Kier alpha value is -1.71. The van der Waals surface area contributed by atoms with Crippen LogP contribution in [0.25, 0.3) is 0 Å². The lowest BCUT2D eigenvalue weighted by Crippen LogP contribution is -2.83. The Bertz CT molecular complexity index is 587. The van der Waals surface area contributed by atoms with Crippen LogP contribution in [0.5, 0.6) is 11.5 Å². The second kappa shape index (κ2) is 7.34. The fourth-order valence-corrected chi connectivity index (χ4v) is 2.48. The van der Waals surface area contributed by atoms with E-state index >= 15 is 0 Å². The molecule has 0 amide bonds. The van der Waals surface area contributed by atoms with Crippen molar-refractivity contribution >= 4 is 11.6 Å². The molecule has 0 aliphatic carbocycles. The van der Waals surface area contributed by atoms with E-state index in [-0.39, 0.29) is 0 Å². The number of hydrogen-bond acceptors (Lipinski definition) is 2. The molecule has 0 unspecified atom stereocenters. The van der Waals surface area contributed by atoms with Crippen molar-refractivity contribution in [3.8, 4) is 11.5 Å². The second-order valence-electron chi connectivity index (χ2n) is 4.94. The monoisotopic (exact) mass is 306 g/mol. The highest BCUT2D eigenvalue weighted by Crippen LogP contribution is 2.32. The molecule has 0 saturated heterocycles. The summed E-state index contributed by atoms with van der Waals surface area (Å²) in [6.45, 7) is 2.97. The van der Waals surface area contributed by atoms with Crippen LogP contribution in [0.1, 0.15) is 24.1 Å². The van der Waals surface area contributed by atoms with Crippen molar-refractivity contribution in [3.63, 3.8) is 0 Å². The molecule has 0 aromatic heterocycles. The molecule has 1 atom stereocenters. The molecular weight excluding hydrogens is 286 g/mol. The van der Waals surface area contributed by atoms with Crippen LogP contribution in [-0.2, 0) is 6.54 Å².